The SMILES string of the molecule is CC.CCc1cccc2c1c(O)c(C(=O)N(CCOCCOCCOCCOCc1cccnc1)c1ccccc1)c(=O)n2C.CO.CO.CS(=O)(=O)[O-].[99Tc].[CH-]=O.c1ccc(-c2ccnc3c2ccc2c(-c4ccccc4)ccnc23)cc1. The molecule has 1 radical (unpaired) electrons. The van der Waals surface area contributed by atoms with Gasteiger partial charge >= 0.3 is 0 Å². The zero-order chi connectivity index (χ0) is 60.3. The summed E-state index contributed by atoms with van der Waals surface area (Å²) in [5.74, 6) is -0.878. The van der Waals surface area contributed by atoms with Crippen LogP contribution >= 0.6 is 0 Å². The molecule has 9 aromatic rings. The number of para-hydroxylation sites is 1. The second-order valence-electron chi connectivity index (χ2n) is 16.8. The molecule has 1 amide bonds. The van der Waals surface area contributed by atoms with Crippen LogP contribution in [0.5, 0.6) is 5.75 Å². The maximum atomic E-state index is 13.8. The van der Waals surface area contributed by atoms with Gasteiger partial charge in [0, 0.05) is 101 Å². The number of benzene rings is 5. The summed E-state index contributed by atoms with van der Waals surface area (Å²) in [7, 11) is -0.306. The minimum atomic E-state index is -3.92. The Labute approximate surface area is 499 Å². The minimum Gasteiger partial charge on any atom is -0.748 e. The van der Waals surface area contributed by atoms with Gasteiger partial charge in [-0.3, -0.25) is 31.3 Å². The number of anilines is 1. The average molecular weight is 1240 g/mol. The first-order valence-electron chi connectivity index (χ1n) is 26.2. The first kappa shape index (κ1) is 71.6. The van der Waals surface area contributed by atoms with Crippen molar-refractivity contribution in [2.75, 3.05) is 78.2 Å². The summed E-state index contributed by atoms with van der Waals surface area (Å²) in [5.41, 5.74) is 8.88. The van der Waals surface area contributed by atoms with Crippen molar-refractivity contribution in [2.45, 2.75) is 33.8 Å². The Morgan fingerprint density at radius 2 is 1.10 bits per heavy atom. The molecule has 0 unspecified atom stereocenters. The van der Waals surface area contributed by atoms with E-state index in [1.165, 1.54) is 31.7 Å². The smallest absolute Gasteiger partial charge is 0.267 e. The fraction of sp³-hybridized carbons (Fsp3) is 0.270. The quantitative estimate of drug-likeness (QED) is 0.0224. The van der Waals surface area contributed by atoms with Crippen LogP contribution in [-0.2, 0) is 74.0 Å². The summed E-state index contributed by atoms with van der Waals surface area (Å²) >= 11 is 0. The number of carbonyl (C=O) groups excluding carboxylic acids is 2. The van der Waals surface area contributed by atoms with Crippen LogP contribution in [0, 0.1) is 0 Å². The van der Waals surface area contributed by atoms with Gasteiger partial charge in [0.15, 0.2) is 0 Å². The number of aliphatic hydroxyl groups excluding tert-OH is 2. The normalized spacial score (nSPS) is 10.2. The monoisotopic (exact) mass is 1240 g/mol. The van der Waals surface area contributed by atoms with Crippen LogP contribution in [0.25, 0.3) is 55.0 Å². The van der Waals surface area contributed by atoms with Gasteiger partial charge in [0.05, 0.1) is 79.5 Å². The van der Waals surface area contributed by atoms with E-state index in [4.69, 9.17) is 46.9 Å². The van der Waals surface area contributed by atoms with E-state index in [2.05, 4.69) is 94.5 Å². The van der Waals surface area contributed by atoms with Gasteiger partial charge < -0.3 is 53.1 Å². The van der Waals surface area contributed by atoms with Gasteiger partial charge in [0.2, 0.25) is 0 Å². The molecule has 0 aliphatic rings. The second kappa shape index (κ2) is 39.9. The number of amides is 1. The number of aryl methyl sites for hydroxylation is 2. The fourth-order valence-electron chi connectivity index (χ4n) is 8.28. The van der Waals surface area contributed by atoms with Gasteiger partial charge in [-0.2, -0.15) is 0 Å². The largest absolute Gasteiger partial charge is 0.748 e. The number of hydrogen-bond donors (Lipinski definition) is 3. The van der Waals surface area contributed by atoms with Crippen molar-refractivity contribution in [3.8, 4) is 28.0 Å². The van der Waals surface area contributed by atoms with E-state index >= 15 is 0 Å². The number of pyridine rings is 4. The van der Waals surface area contributed by atoms with Crippen molar-refractivity contribution in [1.82, 2.24) is 19.5 Å². The van der Waals surface area contributed by atoms with Crippen LogP contribution in [0.15, 0.2) is 175 Å². The van der Waals surface area contributed by atoms with E-state index in [9.17, 15) is 14.7 Å². The molecule has 0 atom stereocenters. The molecule has 443 valence electrons. The topological polar surface area (TPSA) is 253 Å². The number of ether oxygens (including phenoxy) is 4. The van der Waals surface area contributed by atoms with Crippen LogP contribution < -0.4 is 10.5 Å². The Balaban J connectivity index is 0.000000498. The third kappa shape index (κ3) is 22.0. The second-order valence-corrected chi connectivity index (χ2v) is 18.2. The number of nitrogens with zero attached hydrogens (tertiary/aromatic N) is 5. The number of rotatable bonds is 19. The number of carbonyl (C=O) groups is 1. The Hall–Kier alpha value is -7.46. The summed E-state index contributed by atoms with van der Waals surface area (Å²) in [6.45, 7) is 12.6. The van der Waals surface area contributed by atoms with Gasteiger partial charge in [0.1, 0.15) is 11.3 Å². The van der Waals surface area contributed by atoms with Gasteiger partial charge in [-0.1, -0.05) is 130 Å². The molecule has 5 aromatic carbocycles. The molecule has 20 heteroatoms. The Kier molecular flexibility index (Phi) is 34.4. The third-order valence-corrected chi connectivity index (χ3v) is 11.7. The Bertz CT molecular complexity index is 3350. The van der Waals surface area contributed by atoms with Crippen LogP contribution in [0.3, 0.4) is 0 Å². The van der Waals surface area contributed by atoms with Crippen molar-refractivity contribution in [1.29, 1.82) is 0 Å². The van der Waals surface area contributed by atoms with Crippen molar-refractivity contribution in [3.05, 3.63) is 197 Å². The van der Waals surface area contributed by atoms with Gasteiger partial charge in [-0.15, -0.1) is 0 Å². The summed E-state index contributed by atoms with van der Waals surface area (Å²) in [6.07, 6.45) is 8.49. The Morgan fingerprint density at radius 1 is 0.639 bits per heavy atom. The van der Waals surface area contributed by atoms with Crippen molar-refractivity contribution in [2.24, 2.45) is 7.05 Å². The van der Waals surface area contributed by atoms with Crippen LogP contribution in [0.4, 0.5) is 5.69 Å². The summed E-state index contributed by atoms with van der Waals surface area (Å²) in [6, 6.07) is 47.7. The molecule has 0 aliphatic heterocycles. The molecule has 0 bridgehead atoms. The van der Waals surface area contributed by atoms with Gasteiger partial charge in [-0.05, 0) is 76.2 Å². The number of aliphatic hydroxyl groups is 2. The van der Waals surface area contributed by atoms with Gasteiger partial charge in [-0.25, -0.2) is 8.42 Å². The van der Waals surface area contributed by atoms with Gasteiger partial charge in [0.25, 0.3) is 11.5 Å². The fourth-order valence-corrected chi connectivity index (χ4v) is 8.28. The number of aromatic hydroxyl groups is 1. The van der Waals surface area contributed by atoms with E-state index in [1.807, 2.05) is 87.8 Å². The molecule has 0 saturated carbocycles. The predicted octanol–water partition coefficient (Wildman–Crippen LogP) is 9.36. The Morgan fingerprint density at radius 3 is 1.55 bits per heavy atom. The molecule has 83 heavy (non-hydrogen) atoms. The van der Waals surface area contributed by atoms with E-state index in [0.29, 0.717) is 75.5 Å². The molecule has 0 spiro atoms. The maximum absolute atomic E-state index is 13.8. The molecular weight excluding hydrogens is 1170 g/mol. The zero-order valence-corrected chi connectivity index (χ0v) is 50.4. The van der Waals surface area contributed by atoms with E-state index in [0.717, 1.165) is 47.2 Å². The van der Waals surface area contributed by atoms with Crippen molar-refractivity contribution >= 4 is 61.2 Å². The zero-order valence-electron chi connectivity index (χ0n) is 47.8. The predicted molar refractivity (Wildman–Crippen MR) is 323 cm³/mol. The summed E-state index contributed by atoms with van der Waals surface area (Å²) in [4.78, 5) is 49.7. The van der Waals surface area contributed by atoms with Crippen LogP contribution in [-0.4, -0.2) is 134 Å². The third-order valence-electron chi connectivity index (χ3n) is 11.7. The number of aromatic nitrogens is 4. The van der Waals surface area contributed by atoms with E-state index in [-0.39, 0.29) is 44.6 Å². The molecule has 4 heterocycles. The molecule has 0 aliphatic carbocycles. The molecule has 0 fully saturated rings. The van der Waals surface area contributed by atoms with E-state index in [1.54, 1.807) is 37.6 Å². The number of hydrogen-bond acceptors (Lipinski definition) is 16. The minimum absolute atomic E-state index is 0. The molecular formula is C63H73N5O13STc-2. The first-order valence-corrected chi connectivity index (χ1v) is 28.0. The maximum Gasteiger partial charge on any atom is 0.267 e. The molecule has 0 saturated heterocycles. The number of fused-ring (bicyclic) bond motifs is 4. The summed E-state index contributed by atoms with van der Waals surface area (Å²) < 4.78 is 51.0. The standard InChI is InChI=1S/C33H39N3O7.C24H16N2.C2H6.CH4O3S.2CH4O.CHO.Tc/c1-3-26-10-7-13-28-29(26)31(37)30(32(38)35(28)2)33(39)36(27-11-5-4-6-12-27)15-16-40-17-18-41-19-20-42-21-22-43-24-25-9-8-14-34-23-25;1-3-7-17(8-4-1)19-13-15-25-23-21(19)11-12-22-20(14-16-26-24(22)23)18-9-5-2-6-10-18;1-2;1-5(2,3)4;3*1-2;/h4-14,23,37H,3,15-22,24H2,1-2H3;1-16H;1-2H3;1H3,(H,2,3,4);2*2H,1H3;1H;/q;;;;;;-1;/p-1/i;;;;;;;1+1. The van der Waals surface area contributed by atoms with Crippen LogP contribution in [0.2, 0.25) is 0 Å². The molecule has 9 rings (SSSR count). The van der Waals surface area contributed by atoms with Crippen LogP contribution in [0.1, 0.15) is 42.3 Å². The first-order chi connectivity index (χ1) is 39.9. The average Bonchev–Trinajstić information content (AvgIpc) is 2.42. The molecule has 18 nitrogen and oxygen atoms in total. The molecule has 3 N–H and O–H groups in total. The van der Waals surface area contributed by atoms with E-state index < -0.39 is 21.6 Å². The van der Waals surface area contributed by atoms with Crippen molar-refractivity contribution in [3.63, 3.8) is 0 Å². The summed E-state index contributed by atoms with van der Waals surface area (Å²) in [5, 5.41) is 28.0. The molecule has 4 aromatic heterocycles. The van der Waals surface area contributed by atoms with Crippen molar-refractivity contribution < 1.29 is 76.9 Å².